The molecule has 1 fully saturated rings. The Morgan fingerprint density at radius 1 is 1.33 bits per heavy atom. The third-order valence-electron chi connectivity index (χ3n) is 4.04. The molecule has 1 aliphatic rings. The molecule has 0 aromatic carbocycles. The van der Waals surface area contributed by atoms with Gasteiger partial charge in [-0.25, -0.2) is 0 Å². The predicted molar refractivity (Wildman–Crippen MR) is 73.3 cm³/mol. The van der Waals surface area contributed by atoms with E-state index in [0.29, 0.717) is 5.41 Å². The Bertz CT molecular complexity index is 332. The Hall–Kier alpha value is -0.900. The number of nitrogens with one attached hydrogen (secondary N) is 1. The lowest BCUT2D eigenvalue weighted by molar-refractivity contribution is 0.309. The van der Waals surface area contributed by atoms with Gasteiger partial charge in [0.15, 0.2) is 0 Å². The van der Waals surface area contributed by atoms with Crippen LogP contribution in [-0.4, -0.2) is 27.6 Å². The fraction of sp³-hybridized carbons (Fsp3) is 0.857. The molecule has 4 heteroatoms. The Labute approximate surface area is 110 Å². The second-order valence-electron chi connectivity index (χ2n) is 6.27. The van der Waals surface area contributed by atoms with Crippen LogP contribution in [0.1, 0.15) is 52.4 Å². The van der Waals surface area contributed by atoms with Crippen molar-refractivity contribution in [2.45, 2.75) is 65.0 Å². The molecule has 0 radical (unpaired) electrons. The summed E-state index contributed by atoms with van der Waals surface area (Å²) < 4.78 is 1.90. The van der Waals surface area contributed by atoms with Gasteiger partial charge >= 0.3 is 0 Å². The van der Waals surface area contributed by atoms with Gasteiger partial charge in [0.1, 0.15) is 0 Å². The van der Waals surface area contributed by atoms with Crippen LogP contribution in [0.4, 0.5) is 0 Å². The molecule has 18 heavy (non-hydrogen) atoms. The third-order valence-corrected chi connectivity index (χ3v) is 4.04. The number of nitrogens with zero attached hydrogens (tertiary/aromatic N) is 3. The second-order valence-corrected chi connectivity index (χ2v) is 6.27. The van der Waals surface area contributed by atoms with E-state index in [1.807, 2.05) is 10.9 Å². The van der Waals surface area contributed by atoms with Crippen molar-refractivity contribution in [3.05, 3.63) is 12.4 Å². The van der Waals surface area contributed by atoms with Gasteiger partial charge in [-0.15, -0.1) is 5.10 Å². The van der Waals surface area contributed by atoms with Gasteiger partial charge in [0.05, 0.1) is 6.20 Å². The first-order chi connectivity index (χ1) is 8.66. The number of aromatic nitrogens is 3. The molecular formula is C14H26N4. The van der Waals surface area contributed by atoms with Crippen LogP contribution >= 0.6 is 0 Å². The zero-order chi connectivity index (χ0) is 12.8. The summed E-state index contributed by atoms with van der Waals surface area (Å²) in [6, 6.07) is 0.725. The maximum absolute atomic E-state index is 3.97. The van der Waals surface area contributed by atoms with Crippen LogP contribution < -0.4 is 5.32 Å². The summed E-state index contributed by atoms with van der Waals surface area (Å²) in [5.41, 5.74) is 0.553. The van der Waals surface area contributed by atoms with Crippen LogP contribution in [0.3, 0.4) is 0 Å². The van der Waals surface area contributed by atoms with Crippen molar-refractivity contribution in [3.8, 4) is 0 Å². The van der Waals surface area contributed by atoms with Crippen LogP contribution in [0.15, 0.2) is 12.4 Å². The van der Waals surface area contributed by atoms with E-state index in [0.717, 1.165) is 25.6 Å². The molecule has 4 nitrogen and oxygen atoms in total. The normalized spacial score (nSPS) is 23.8. The topological polar surface area (TPSA) is 42.7 Å². The molecule has 1 saturated carbocycles. The van der Waals surface area contributed by atoms with E-state index in [1.54, 1.807) is 6.20 Å². The quantitative estimate of drug-likeness (QED) is 0.645. The minimum absolute atomic E-state index is 0.553. The summed E-state index contributed by atoms with van der Waals surface area (Å²) in [6.45, 7) is 6.86. The lowest BCUT2D eigenvalue weighted by Gasteiger charge is -2.22. The van der Waals surface area contributed by atoms with Crippen LogP contribution in [0, 0.1) is 5.41 Å². The summed E-state index contributed by atoms with van der Waals surface area (Å²) >= 11 is 0. The molecule has 1 atom stereocenters. The lowest BCUT2D eigenvalue weighted by Crippen LogP contribution is -2.30. The van der Waals surface area contributed by atoms with Crippen molar-refractivity contribution in [2.24, 2.45) is 5.41 Å². The average molecular weight is 250 g/mol. The molecule has 1 heterocycles. The van der Waals surface area contributed by atoms with Gasteiger partial charge in [-0.05, 0) is 44.1 Å². The summed E-state index contributed by atoms with van der Waals surface area (Å²) in [7, 11) is 0. The van der Waals surface area contributed by atoms with Crippen LogP contribution in [0.25, 0.3) is 0 Å². The van der Waals surface area contributed by atoms with Crippen LogP contribution in [-0.2, 0) is 6.54 Å². The smallest absolute Gasteiger partial charge is 0.0692 e. The van der Waals surface area contributed by atoms with Gasteiger partial charge in [-0.2, -0.15) is 0 Å². The Balaban J connectivity index is 1.61. The first-order valence-corrected chi connectivity index (χ1v) is 7.23. The summed E-state index contributed by atoms with van der Waals surface area (Å²) in [5, 5.41) is 11.5. The molecule has 2 rings (SSSR count). The molecule has 1 N–H and O–H groups in total. The molecule has 0 spiro atoms. The van der Waals surface area contributed by atoms with Crippen molar-refractivity contribution in [1.29, 1.82) is 0 Å². The minimum Gasteiger partial charge on any atom is -0.314 e. The molecule has 1 aliphatic carbocycles. The Kier molecular flexibility index (Phi) is 4.75. The number of rotatable bonds is 5. The highest BCUT2D eigenvalue weighted by Gasteiger charge is 2.23. The average Bonchev–Trinajstić information content (AvgIpc) is 2.77. The van der Waals surface area contributed by atoms with Gasteiger partial charge in [-0.3, -0.25) is 4.68 Å². The molecule has 0 saturated heterocycles. The lowest BCUT2D eigenvalue weighted by atomic mass is 9.85. The fourth-order valence-electron chi connectivity index (χ4n) is 2.76. The standard InChI is InChI=1S/C14H26N4/c1-14(2)7-3-5-13(6-8-14)15-9-4-11-18-12-10-16-17-18/h10,12-13,15H,3-9,11H2,1-2H3. The zero-order valence-corrected chi connectivity index (χ0v) is 11.7. The number of hydrogen-bond donors (Lipinski definition) is 1. The van der Waals surface area contributed by atoms with E-state index in [2.05, 4.69) is 29.5 Å². The highest BCUT2D eigenvalue weighted by atomic mass is 15.4. The van der Waals surface area contributed by atoms with Crippen molar-refractivity contribution < 1.29 is 0 Å². The van der Waals surface area contributed by atoms with Crippen LogP contribution in [0.5, 0.6) is 0 Å². The first kappa shape index (κ1) is 13.5. The second kappa shape index (κ2) is 6.32. The van der Waals surface area contributed by atoms with Crippen molar-refractivity contribution in [2.75, 3.05) is 6.54 Å². The van der Waals surface area contributed by atoms with E-state index in [-0.39, 0.29) is 0 Å². The number of hydrogen-bond acceptors (Lipinski definition) is 3. The van der Waals surface area contributed by atoms with E-state index in [4.69, 9.17) is 0 Å². The summed E-state index contributed by atoms with van der Waals surface area (Å²) in [5.74, 6) is 0. The predicted octanol–water partition coefficient (Wildman–Crippen LogP) is 2.62. The zero-order valence-electron chi connectivity index (χ0n) is 11.7. The highest BCUT2D eigenvalue weighted by molar-refractivity contribution is 4.79. The maximum atomic E-state index is 3.97. The number of aryl methyl sites for hydroxylation is 1. The van der Waals surface area contributed by atoms with E-state index in [9.17, 15) is 0 Å². The van der Waals surface area contributed by atoms with E-state index in [1.165, 1.54) is 32.1 Å². The fourth-order valence-corrected chi connectivity index (χ4v) is 2.76. The van der Waals surface area contributed by atoms with E-state index < -0.39 is 0 Å². The molecule has 1 aromatic heterocycles. The summed E-state index contributed by atoms with van der Waals surface area (Å²) in [4.78, 5) is 0. The molecular weight excluding hydrogens is 224 g/mol. The van der Waals surface area contributed by atoms with Crippen LogP contribution in [0.2, 0.25) is 0 Å². The third kappa shape index (κ3) is 4.41. The van der Waals surface area contributed by atoms with Gasteiger partial charge in [0.2, 0.25) is 0 Å². The van der Waals surface area contributed by atoms with Crippen molar-refractivity contribution in [3.63, 3.8) is 0 Å². The Morgan fingerprint density at radius 2 is 2.22 bits per heavy atom. The molecule has 0 aliphatic heterocycles. The minimum atomic E-state index is 0.553. The molecule has 1 aromatic rings. The molecule has 0 bridgehead atoms. The monoisotopic (exact) mass is 250 g/mol. The first-order valence-electron chi connectivity index (χ1n) is 7.23. The Morgan fingerprint density at radius 3 is 3.00 bits per heavy atom. The van der Waals surface area contributed by atoms with Gasteiger partial charge in [0, 0.05) is 18.8 Å². The molecule has 1 unspecified atom stereocenters. The molecule has 0 amide bonds. The largest absolute Gasteiger partial charge is 0.314 e. The SMILES string of the molecule is CC1(C)CCCC(NCCCn2ccnn2)CC1. The summed E-state index contributed by atoms with van der Waals surface area (Å²) in [6.07, 6.45) is 11.6. The van der Waals surface area contributed by atoms with Gasteiger partial charge < -0.3 is 5.32 Å². The maximum Gasteiger partial charge on any atom is 0.0692 e. The van der Waals surface area contributed by atoms with Gasteiger partial charge in [0.25, 0.3) is 0 Å². The van der Waals surface area contributed by atoms with Gasteiger partial charge in [-0.1, -0.05) is 25.5 Å². The van der Waals surface area contributed by atoms with Crippen molar-refractivity contribution in [1.82, 2.24) is 20.3 Å². The van der Waals surface area contributed by atoms with Crippen molar-refractivity contribution >= 4 is 0 Å². The highest BCUT2D eigenvalue weighted by Crippen LogP contribution is 2.33. The molecule has 102 valence electrons. The van der Waals surface area contributed by atoms with E-state index >= 15 is 0 Å².